The van der Waals surface area contributed by atoms with Gasteiger partial charge >= 0.3 is 0 Å². The van der Waals surface area contributed by atoms with Crippen molar-refractivity contribution in [1.29, 1.82) is 0 Å². The van der Waals surface area contributed by atoms with Gasteiger partial charge in [0.1, 0.15) is 0 Å². The van der Waals surface area contributed by atoms with Crippen LogP contribution in [-0.2, 0) is 4.74 Å². The van der Waals surface area contributed by atoms with Crippen LogP contribution >= 0.6 is 11.8 Å². The molecule has 1 aromatic rings. The molecule has 0 aromatic heterocycles. The second kappa shape index (κ2) is 6.81. The van der Waals surface area contributed by atoms with E-state index in [0.29, 0.717) is 22.3 Å². The van der Waals surface area contributed by atoms with Crippen molar-refractivity contribution in [2.45, 2.75) is 36.6 Å². The highest BCUT2D eigenvalue weighted by molar-refractivity contribution is 7.99. The fraction of sp³-hybridized carbons (Fsp3) is 0.500. The van der Waals surface area contributed by atoms with Crippen LogP contribution in [0.2, 0.25) is 0 Å². The Morgan fingerprint density at radius 1 is 1.24 bits per heavy atom. The van der Waals surface area contributed by atoms with Crippen LogP contribution in [0.25, 0.3) is 0 Å². The molecule has 17 heavy (non-hydrogen) atoms. The molecule has 0 heterocycles. The Morgan fingerprint density at radius 3 is 2.47 bits per heavy atom. The fourth-order valence-corrected chi connectivity index (χ4v) is 1.95. The van der Waals surface area contributed by atoms with E-state index in [1.165, 1.54) is 0 Å². The van der Waals surface area contributed by atoms with Crippen LogP contribution in [0.4, 0.5) is 14.5 Å². The molecule has 1 rings (SSSR count). The highest BCUT2D eigenvalue weighted by Gasteiger charge is 2.14. The van der Waals surface area contributed by atoms with E-state index in [0.717, 1.165) is 0 Å². The third-order valence-corrected chi connectivity index (χ3v) is 3.35. The van der Waals surface area contributed by atoms with Gasteiger partial charge in [-0.3, -0.25) is 0 Å². The van der Waals surface area contributed by atoms with Crippen LogP contribution in [0.3, 0.4) is 0 Å². The van der Waals surface area contributed by atoms with Gasteiger partial charge in [0.25, 0.3) is 5.76 Å². The number of alkyl halides is 2. The van der Waals surface area contributed by atoms with Gasteiger partial charge in [-0.05, 0) is 26.0 Å². The summed E-state index contributed by atoms with van der Waals surface area (Å²) in [5, 5.41) is 3.19. The molecule has 0 aliphatic carbocycles. The average molecular weight is 261 g/mol. The second-order valence-corrected chi connectivity index (χ2v) is 4.78. The zero-order valence-corrected chi connectivity index (χ0v) is 10.9. The first kappa shape index (κ1) is 14.3. The lowest BCUT2D eigenvalue weighted by Crippen LogP contribution is -2.29. The number of anilines is 1. The molecule has 0 radical (unpaired) electrons. The van der Waals surface area contributed by atoms with Crippen LogP contribution in [0, 0.1) is 0 Å². The smallest absolute Gasteiger partial charge is 0.288 e. The molecule has 0 fully saturated rings. The Labute approximate surface area is 105 Å². The minimum Gasteiger partial charge on any atom is -0.380 e. The maximum Gasteiger partial charge on any atom is 0.288 e. The lowest BCUT2D eigenvalue weighted by Gasteiger charge is -2.22. The number of benzene rings is 1. The highest BCUT2D eigenvalue weighted by Crippen LogP contribution is 2.32. The van der Waals surface area contributed by atoms with E-state index in [4.69, 9.17) is 4.74 Å². The predicted molar refractivity (Wildman–Crippen MR) is 67.9 cm³/mol. The monoisotopic (exact) mass is 261 g/mol. The fourth-order valence-electron chi connectivity index (χ4n) is 1.35. The van der Waals surface area contributed by atoms with Gasteiger partial charge in [-0.25, -0.2) is 0 Å². The van der Waals surface area contributed by atoms with E-state index >= 15 is 0 Å². The molecule has 0 spiro atoms. The Bertz CT molecular complexity index is 349. The normalized spacial score (nSPS) is 14.7. The largest absolute Gasteiger partial charge is 0.380 e. The van der Waals surface area contributed by atoms with Crippen molar-refractivity contribution >= 4 is 17.4 Å². The molecular formula is C12H17F2NOS. The number of hydrogen-bond donors (Lipinski definition) is 1. The minimum atomic E-state index is -2.41. The quantitative estimate of drug-likeness (QED) is 0.786. The Morgan fingerprint density at radius 2 is 1.88 bits per heavy atom. The summed E-state index contributed by atoms with van der Waals surface area (Å²) in [6.07, 6.45) is 0.0135. The van der Waals surface area contributed by atoms with Crippen molar-refractivity contribution in [2.75, 3.05) is 12.4 Å². The first-order valence-corrected chi connectivity index (χ1v) is 6.25. The molecular weight excluding hydrogens is 244 g/mol. The molecule has 1 N–H and O–H groups in total. The summed E-state index contributed by atoms with van der Waals surface area (Å²) in [7, 11) is 1.63. The number of ether oxygens (including phenoxy) is 1. The van der Waals surface area contributed by atoms with E-state index in [-0.39, 0.29) is 12.1 Å². The SMILES string of the molecule is COC(C)C(C)Nc1ccccc1SC(F)F. The van der Waals surface area contributed by atoms with Crippen molar-refractivity contribution in [3.8, 4) is 0 Å². The topological polar surface area (TPSA) is 21.3 Å². The van der Waals surface area contributed by atoms with E-state index in [1.807, 2.05) is 19.9 Å². The molecule has 0 saturated carbocycles. The number of thioether (sulfide) groups is 1. The number of nitrogens with one attached hydrogen (secondary N) is 1. The van der Waals surface area contributed by atoms with Gasteiger partial charge in [-0.2, -0.15) is 8.78 Å². The summed E-state index contributed by atoms with van der Waals surface area (Å²) in [4.78, 5) is 0.553. The molecule has 0 amide bonds. The predicted octanol–water partition coefficient (Wildman–Crippen LogP) is 3.84. The van der Waals surface area contributed by atoms with Crippen molar-refractivity contribution in [2.24, 2.45) is 0 Å². The number of halogens is 2. The summed E-state index contributed by atoms with van der Waals surface area (Å²) in [5.41, 5.74) is 0.717. The molecule has 5 heteroatoms. The van der Waals surface area contributed by atoms with Gasteiger partial charge in [0.15, 0.2) is 0 Å². The van der Waals surface area contributed by atoms with Crippen LogP contribution in [0.5, 0.6) is 0 Å². The van der Waals surface area contributed by atoms with E-state index < -0.39 is 5.76 Å². The second-order valence-electron chi connectivity index (χ2n) is 3.75. The van der Waals surface area contributed by atoms with Crippen molar-refractivity contribution in [3.63, 3.8) is 0 Å². The molecule has 2 unspecified atom stereocenters. The Hall–Kier alpha value is -0.810. The van der Waals surface area contributed by atoms with Crippen molar-refractivity contribution < 1.29 is 13.5 Å². The first-order valence-electron chi connectivity index (χ1n) is 5.37. The van der Waals surface area contributed by atoms with Gasteiger partial charge in [0.05, 0.1) is 6.10 Å². The van der Waals surface area contributed by atoms with Gasteiger partial charge < -0.3 is 10.1 Å². The van der Waals surface area contributed by atoms with Crippen molar-refractivity contribution in [1.82, 2.24) is 0 Å². The number of hydrogen-bond acceptors (Lipinski definition) is 3. The van der Waals surface area contributed by atoms with Gasteiger partial charge in [0.2, 0.25) is 0 Å². The van der Waals surface area contributed by atoms with Crippen LogP contribution in [0.15, 0.2) is 29.2 Å². The molecule has 96 valence electrons. The summed E-state index contributed by atoms with van der Waals surface area (Å²) in [6, 6.07) is 7.11. The number of rotatable bonds is 6. The molecule has 0 aliphatic heterocycles. The first-order chi connectivity index (χ1) is 8.04. The standard InChI is InChI=1S/C12H17F2NOS/c1-8(9(2)16-3)15-10-6-4-5-7-11(10)17-12(13)14/h4-9,12,15H,1-3H3. The maximum absolute atomic E-state index is 12.4. The van der Waals surface area contributed by atoms with E-state index in [1.54, 1.807) is 25.3 Å². The molecule has 0 aliphatic rings. The Kier molecular flexibility index (Phi) is 5.71. The number of methoxy groups -OCH3 is 1. The van der Waals surface area contributed by atoms with Crippen LogP contribution < -0.4 is 5.32 Å². The van der Waals surface area contributed by atoms with E-state index in [2.05, 4.69) is 5.32 Å². The molecule has 0 saturated heterocycles. The summed E-state index contributed by atoms with van der Waals surface area (Å²) in [6.45, 7) is 3.89. The molecule has 1 aromatic carbocycles. The van der Waals surface area contributed by atoms with Crippen LogP contribution in [-0.4, -0.2) is 25.0 Å². The summed E-state index contributed by atoms with van der Waals surface area (Å²) in [5.74, 6) is -2.41. The van der Waals surface area contributed by atoms with Gasteiger partial charge in [-0.1, -0.05) is 23.9 Å². The molecule has 0 bridgehead atoms. The zero-order chi connectivity index (χ0) is 12.8. The molecule has 2 nitrogen and oxygen atoms in total. The van der Waals surface area contributed by atoms with Crippen LogP contribution in [0.1, 0.15) is 13.8 Å². The molecule has 2 atom stereocenters. The van der Waals surface area contributed by atoms with E-state index in [9.17, 15) is 8.78 Å². The van der Waals surface area contributed by atoms with Gasteiger partial charge in [-0.15, -0.1) is 0 Å². The Balaban J connectivity index is 2.76. The maximum atomic E-state index is 12.4. The lowest BCUT2D eigenvalue weighted by atomic mass is 10.2. The lowest BCUT2D eigenvalue weighted by molar-refractivity contribution is 0.106. The average Bonchev–Trinajstić information content (AvgIpc) is 2.29. The highest BCUT2D eigenvalue weighted by atomic mass is 32.2. The zero-order valence-electron chi connectivity index (χ0n) is 10.1. The number of para-hydroxylation sites is 1. The third kappa shape index (κ3) is 4.52. The van der Waals surface area contributed by atoms with Gasteiger partial charge in [0, 0.05) is 23.7 Å². The summed E-state index contributed by atoms with van der Waals surface area (Å²) < 4.78 is 29.9. The third-order valence-electron chi connectivity index (χ3n) is 2.56. The van der Waals surface area contributed by atoms with Crippen molar-refractivity contribution in [3.05, 3.63) is 24.3 Å². The summed E-state index contributed by atoms with van der Waals surface area (Å²) >= 11 is 0.550. The minimum absolute atomic E-state index is 0.0135.